The lowest BCUT2D eigenvalue weighted by atomic mass is 10.1. The van der Waals surface area contributed by atoms with Crippen LogP contribution in [0.15, 0.2) is 72.8 Å². The Labute approximate surface area is 129 Å². The number of hydrogen-bond donors (Lipinski definition) is 0. The molecule has 0 aromatic heterocycles. The maximum atomic E-state index is 12.5. The lowest BCUT2D eigenvalue weighted by Gasteiger charge is -2.08. The van der Waals surface area contributed by atoms with Gasteiger partial charge in [-0.2, -0.15) is 0 Å². The Morgan fingerprint density at radius 3 is 2.18 bits per heavy atom. The fraction of sp³-hybridized carbons (Fsp3) is 0.0500. The van der Waals surface area contributed by atoms with E-state index in [2.05, 4.69) is 0 Å². The summed E-state index contributed by atoms with van der Waals surface area (Å²) >= 11 is 0. The maximum absolute atomic E-state index is 12.5. The van der Waals surface area contributed by atoms with Gasteiger partial charge in [-0.3, -0.25) is 4.79 Å². The minimum absolute atomic E-state index is 0.0794. The molecular formula is C20H14O2. The van der Waals surface area contributed by atoms with Crippen molar-refractivity contribution in [2.75, 3.05) is 0 Å². The number of ether oxygens (including phenoxy) is 1. The van der Waals surface area contributed by atoms with E-state index in [0.29, 0.717) is 6.61 Å². The van der Waals surface area contributed by atoms with E-state index in [1.807, 2.05) is 72.8 Å². The monoisotopic (exact) mass is 286 g/mol. The Balaban J connectivity index is 1.62. The predicted octanol–water partition coefficient (Wildman–Crippen LogP) is 4.48. The molecule has 106 valence electrons. The molecule has 22 heavy (non-hydrogen) atoms. The molecule has 1 aliphatic carbocycles. The fourth-order valence-corrected chi connectivity index (χ4v) is 2.84. The van der Waals surface area contributed by atoms with Crippen LogP contribution in [0.1, 0.15) is 21.5 Å². The number of benzene rings is 3. The van der Waals surface area contributed by atoms with E-state index in [-0.39, 0.29) is 5.78 Å². The third kappa shape index (κ3) is 2.09. The molecule has 3 aromatic carbocycles. The first-order chi connectivity index (χ1) is 10.8. The second-order valence-corrected chi connectivity index (χ2v) is 5.36. The third-order valence-corrected chi connectivity index (χ3v) is 3.95. The molecular weight excluding hydrogens is 272 g/mol. The first-order valence-corrected chi connectivity index (χ1v) is 7.28. The summed E-state index contributed by atoms with van der Waals surface area (Å²) in [6.07, 6.45) is 0. The van der Waals surface area contributed by atoms with E-state index in [4.69, 9.17) is 4.74 Å². The highest BCUT2D eigenvalue weighted by Gasteiger charge is 2.26. The Morgan fingerprint density at radius 2 is 1.36 bits per heavy atom. The fourth-order valence-electron chi connectivity index (χ4n) is 2.84. The van der Waals surface area contributed by atoms with Gasteiger partial charge in [0.2, 0.25) is 0 Å². The van der Waals surface area contributed by atoms with Crippen LogP contribution in [0.2, 0.25) is 0 Å². The van der Waals surface area contributed by atoms with Crippen molar-refractivity contribution in [3.05, 3.63) is 89.5 Å². The topological polar surface area (TPSA) is 26.3 Å². The Bertz CT molecular complexity index is 851. The summed E-state index contributed by atoms with van der Waals surface area (Å²) in [5.41, 5.74) is 4.62. The molecule has 0 saturated heterocycles. The molecule has 0 fully saturated rings. The van der Waals surface area contributed by atoms with Gasteiger partial charge in [-0.15, -0.1) is 0 Å². The van der Waals surface area contributed by atoms with E-state index in [1.54, 1.807) is 0 Å². The summed E-state index contributed by atoms with van der Waals surface area (Å²) in [7, 11) is 0. The molecule has 0 radical (unpaired) electrons. The Morgan fingerprint density at radius 1 is 0.682 bits per heavy atom. The molecule has 4 rings (SSSR count). The van der Waals surface area contributed by atoms with Crippen LogP contribution >= 0.6 is 0 Å². The molecule has 0 N–H and O–H groups in total. The summed E-state index contributed by atoms with van der Waals surface area (Å²) in [4.78, 5) is 12.5. The quantitative estimate of drug-likeness (QED) is 0.555. The molecule has 0 amide bonds. The zero-order chi connectivity index (χ0) is 14.9. The maximum Gasteiger partial charge on any atom is 0.194 e. The van der Waals surface area contributed by atoms with Gasteiger partial charge in [-0.1, -0.05) is 54.6 Å². The van der Waals surface area contributed by atoms with Gasteiger partial charge in [0.15, 0.2) is 5.78 Å². The van der Waals surface area contributed by atoms with Crippen molar-refractivity contribution in [1.82, 2.24) is 0 Å². The van der Waals surface area contributed by atoms with E-state index in [9.17, 15) is 4.79 Å². The molecule has 0 bridgehead atoms. The molecule has 0 saturated carbocycles. The van der Waals surface area contributed by atoms with Crippen LogP contribution in [-0.4, -0.2) is 5.78 Å². The molecule has 3 aromatic rings. The normalized spacial score (nSPS) is 11.9. The third-order valence-electron chi connectivity index (χ3n) is 3.95. The summed E-state index contributed by atoms with van der Waals surface area (Å²) in [6.45, 7) is 0.501. The highest BCUT2D eigenvalue weighted by Crippen LogP contribution is 2.38. The smallest absolute Gasteiger partial charge is 0.194 e. The van der Waals surface area contributed by atoms with Gasteiger partial charge in [0, 0.05) is 11.1 Å². The van der Waals surface area contributed by atoms with Crippen LogP contribution in [-0.2, 0) is 6.61 Å². The number of carbonyl (C=O) groups excluding carboxylic acids is 1. The number of rotatable bonds is 3. The molecule has 0 atom stereocenters. The number of hydrogen-bond acceptors (Lipinski definition) is 2. The molecule has 0 heterocycles. The van der Waals surface area contributed by atoms with Gasteiger partial charge in [0.1, 0.15) is 12.4 Å². The van der Waals surface area contributed by atoms with E-state index in [0.717, 1.165) is 33.6 Å². The van der Waals surface area contributed by atoms with Crippen LogP contribution in [0.25, 0.3) is 11.1 Å². The zero-order valence-electron chi connectivity index (χ0n) is 12.0. The van der Waals surface area contributed by atoms with Crippen LogP contribution in [0.5, 0.6) is 5.75 Å². The minimum Gasteiger partial charge on any atom is -0.489 e. The Hall–Kier alpha value is -2.87. The van der Waals surface area contributed by atoms with Gasteiger partial charge in [0.25, 0.3) is 0 Å². The van der Waals surface area contributed by atoms with E-state index in [1.165, 1.54) is 0 Å². The predicted molar refractivity (Wildman–Crippen MR) is 86.1 cm³/mol. The van der Waals surface area contributed by atoms with Crippen molar-refractivity contribution in [2.45, 2.75) is 6.61 Å². The van der Waals surface area contributed by atoms with Gasteiger partial charge in [-0.05, 0) is 34.9 Å². The SMILES string of the molecule is O=C1c2ccccc2-c2ccc(OCc3ccccc3)cc21. The van der Waals surface area contributed by atoms with Crippen molar-refractivity contribution in [3.8, 4) is 16.9 Å². The first kappa shape index (κ1) is 12.8. The summed E-state index contributed by atoms with van der Waals surface area (Å²) in [5, 5.41) is 0. The van der Waals surface area contributed by atoms with Crippen LogP contribution in [0.3, 0.4) is 0 Å². The van der Waals surface area contributed by atoms with E-state index >= 15 is 0 Å². The number of carbonyl (C=O) groups is 1. The van der Waals surface area contributed by atoms with Gasteiger partial charge in [-0.25, -0.2) is 0 Å². The average molecular weight is 286 g/mol. The van der Waals surface area contributed by atoms with Gasteiger partial charge < -0.3 is 4.74 Å². The second kappa shape index (κ2) is 5.15. The molecule has 0 aliphatic heterocycles. The number of fused-ring (bicyclic) bond motifs is 3. The highest BCUT2D eigenvalue weighted by atomic mass is 16.5. The van der Waals surface area contributed by atoms with Crippen LogP contribution in [0.4, 0.5) is 0 Å². The lowest BCUT2D eigenvalue weighted by molar-refractivity contribution is 0.104. The van der Waals surface area contributed by atoms with Gasteiger partial charge in [0.05, 0.1) is 0 Å². The van der Waals surface area contributed by atoms with Crippen molar-refractivity contribution in [3.63, 3.8) is 0 Å². The van der Waals surface area contributed by atoms with E-state index < -0.39 is 0 Å². The lowest BCUT2D eigenvalue weighted by Crippen LogP contribution is -1.98. The summed E-state index contributed by atoms with van der Waals surface area (Å²) < 4.78 is 5.81. The minimum atomic E-state index is 0.0794. The van der Waals surface area contributed by atoms with Crippen molar-refractivity contribution < 1.29 is 9.53 Å². The largest absolute Gasteiger partial charge is 0.489 e. The molecule has 0 spiro atoms. The highest BCUT2D eigenvalue weighted by molar-refractivity contribution is 6.21. The van der Waals surface area contributed by atoms with Crippen LogP contribution in [0, 0.1) is 0 Å². The standard InChI is InChI=1S/C20H14O2/c21-20-18-9-5-4-8-16(18)17-11-10-15(12-19(17)20)22-13-14-6-2-1-3-7-14/h1-12H,13H2. The molecule has 2 nitrogen and oxygen atoms in total. The van der Waals surface area contributed by atoms with Crippen molar-refractivity contribution in [2.24, 2.45) is 0 Å². The first-order valence-electron chi connectivity index (χ1n) is 7.28. The molecule has 0 unspecified atom stereocenters. The number of ketones is 1. The zero-order valence-corrected chi connectivity index (χ0v) is 12.0. The average Bonchev–Trinajstić information content (AvgIpc) is 2.87. The summed E-state index contributed by atoms with van der Waals surface area (Å²) in [6, 6.07) is 23.5. The van der Waals surface area contributed by atoms with Crippen molar-refractivity contribution in [1.29, 1.82) is 0 Å². The summed E-state index contributed by atoms with van der Waals surface area (Å²) in [5.74, 6) is 0.805. The van der Waals surface area contributed by atoms with Gasteiger partial charge >= 0.3 is 0 Å². The van der Waals surface area contributed by atoms with Crippen LogP contribution < -0.4 is 4.74 Å². The molecule has 2 heteroatoms. The van der Waals surface area contributed by atoms with Crippen molar-refractivity contribution >= 4 is 5.78 Å². The molecule has 1 aliphatic rings. The second-order valence-electron chi connectivity index (χ2n) is 5.36. The Kier molecular flexibility index (Phi) is 3.01.